The number of aryl methyl sites for hydroxylation is 2. The molecule has 0 spiro atoms. The minimum atomic E-state index is 0. The first kappa shape index (κ1) is 30.6. The zero-order valence-electron chi connectivity index (χ0n) is 28.0. The quantitative estimate of drug-likeness (QED) is 0.102. The number of benzene rings is 6. The average Bonchev–Trinajstić information content (AvgIpc) is 3.75. The largest absolute Gasteiger partial charge is 2.00 e. The Balaban J connectivity index is 0.00000338. The maximum atomic E-state index is 6.57. The number of rotatable bonds is 3. The summed E-state index contributed by atoms with van der Waals surface area (Å²) in [6, 6.07) is 44.8. The fourth-order valence-corrected chi connectivity index (χ4v) is 7.90. The van der Waals surface area contributed by atoms with Gasteiger partial charge in [0.2, 0.25) is 0 Å². The predicted molar refractivity (Wildman–Crippen MR) is 204 cm³/mol. The maximum Gasteiger partial charge on any atom is 2.00 e. The smallest absolute Gasteiger partial charge is 0.497 e. The van der Waals surface area contributed by atoms with Gasteiger partial charge < -0.3 is 13.5 Å². The number of hydrogen-bond acceptors (Lipinski definition) is 5. The van der Waals surface area contributed by atoms with E-state index in [1.807, 2.05) is 48.7 Å². The molecular formula is C44H26N6OPd. The van der Waals surface area contributed by atoms with Crippen LogP contribution in [0.25, 0.3) is 88.0 Å². The summed E-state index contributed by atoms with van der Waals surface area (Å²) in [6.45, 7) is 4.35. The molecule has 0 aliphatic rings. The van der Waals surface area contributed by atoms with Crippen LogP contribution >= 0.6 is 0 Å². The molecule has 0 unspecified atom stereocenters. The van der Waals surface area contributed by atoms with E-state index in [1.54, 1.807) is 6.33 Å². The third-order valence-corrected chi connectivity index (χ3v) is 10.1. The molecule has 0 fully saturated rings. The van der Waals surface area contributed by atoms with E-state index in [2.05, 4.69) is 111 Å². The van der Waals surface area contributed by atoms with Crippen molar-refractivity contribution in [1.82, 2.24) is 28.7 Å². The van der Waals surface area contributed by atoms with E-state index in [-0.39, 0.29) is 20.4 Å². The molecule has 0 aliphatic heterocycles. The van der Waals surface area contributed by atoms with Crippen LogP contribution in [0.3, 0.4) is 0 Å². The normalized spacial score (nSPS) is 11.9. The Morgan fingerprint density at radius 2 is 1.17 bits per heavy atom. The molecule has 5 heterocycles. The average molecular weight is 761 g/mol. The molecule has 0 saturated carbocycles. The first-order valence-electron chi connectivity index (χ1n) is 16.9. The summed E-state index contributed by atoms with van der Waals surface area (Å²) < 4.78 is 10.9. The van der Waals surface area contributed by atoms with Crippen LogP contribution in [0, 0.1) is 26.0 Å². The van der Waals surface area contributed by atoms with Crippen LogP contribution in [0.15, 0.2) is 122 Å². The molecule has 52 heavy (non-hydrogen) atoms. The van der Waals surface area contributed by atoms with Crippen molar-refractivity contribution in [2.24, 2.45) is 0 Å². The number of fused-ring (bicyclic) bond motifs is 16. The minimum Gasteiger partial charge on any atom is -0.497 e. The van der Waals surface area contributed by atoms with Crippen molar-refractivity contribution in [2.75, 3.05) is 0 Å². The second-order valence-corrected chi connectivity index (χ2v) is 13.1. The van der Waals surface area contributed by atoms with Crippen molar-refractivity contribution in [3.63, 3.8) is 0 Å². The van der Waals surface area contributed by atoms with Gasteiger partial charge in [-0.3, -0.25) is 9.97 Å². The maximum absolute atomic E-state index is 6.57. The van der Waals surface area contributed by atoms with Gasteiger partial charge in [-0.25, -0.2) is 9.97 Å². The molecule has 0 N–H and O–H groups in total. The van der Waals surface area contributed by atoms with Gasteiger partial charge in [-0.1, -0.05) is 100 Å². The zero-order chi connectivity index (χ0) is 33.8. The van der Waals surface area contributed by atoms with Crippen molar-refractivity contribution in [3.8, 4) is 22.6 Å². The monoisotopic (exact) mass is 760 g/mol. The Labute approximate surface area is 310 Å². The molecular weight excluding hydrogens is 735 g/mol. The molecule has 0 saturated heterocycles. The number of ether oxygens (including phenoxy) is 1. The molecule has 0 radical (unpaired) electrons. The van der Waals surface area contributed by atoms with E-state index < -0.39 is 0 Å². The molecule has 8 heteroatoms. The number of para-hydroxylation sites is 4. The van der Waals surface area contributed by atoms with E-state index in [0.29, 0.717) is 11.5 Å². The number of nitrogens with zero attached hydrogens (tertiary/aromatic N) is 6. The van der Waals surface area contributed by atoms with E-state index in [4.69, 9.17) is 14.7 Å². The second-order valence-electron chi connectivity index (χ2n) is 13.1. The molecule has 6 aromatic carbocycles. The Bertz CT molecular complexity index is 3250. The van der Waals surface area contributed by atoms with Gasteiger partial charge in [0, 0.05) is 28.6 Å². The van der Waals surface area contributed by atoms with E-state index in [1.165, 1.54) is 22.3 Å². The molecule has 0 amide bonds. The number of aromatic nitrogens is 6. The van der Waals surface area contributed by atoms with Gasteiger partial charge >= 0.3 is 20.4 Å². The molecule has 0 aliphatic carbocycles. The van der Waals surface area contributed by atoms with Gasteiger partial charge in [0.25, 0.3) is 0 Å². The van der Waals surface area contributed by atoms with Gasteiger partial charge in [-0.05, 0) is 71.8 Å². The Morgan fingerprint density at radius 3 is 1.87 bits per heavy atom. The van der Waals surface area contributed by atoms with Gasteiger partial charge in [0.05, 0.1) is 33.4 Å². The van der Waals surface area contributed by atoms with Crippen LogP contribution in [0.5, 0.6) is 11.5 Å². The zero-order valence-corrected chi connectivity index (χ0v) is 29.5. The molecule has 11 rings (SSSR count). The third kappa shape index (κ3) is 4.35. The van der Waals surface area contributed by atoms with Crippen LogP contribution in [0.4, 0.5) is 0 Å². The van der Waals surface area contributed by atoms with Gasteiger partial charge in [-0.15, -0.1) is 12.1 Å². The van der Waals surface area contributed by atoms with Crippen LogP contribution in [-0.2, 0) is 20.4 Å². The van der Waals surface area contributed by atoms with Crippen molar-refractivity contribution in [3.05, 3.63) is 145 Å². The Kier molecular flexibility index (Phi) is 6.72. The molecule has 7 nitrogen and oxygen atoms in total. The number of imidazole rings is 2. The Hall–Kier alpha value is -6.20. The first-order chi connectivity index (χ1) is 25.1. The van der Waals surface area contributed by atoms with E-state index in [0.717, 1.165) is 76.8 Å². The first-order valence-corrected chi connectivity index (χ1v) is 16.9. The third-order valence-electron chi connectivity index (χ3n) is 10.1. The van der Waals surface area contributed by atoms with Crippen LogP contribution in [0.2, 0.25) is 0 Å². The van der Waals surface area contributed by atoms with Crippen LogP contribution < -0.4 is 4.74 Å². The van der Waals surface area contributed by atoms with Gasteiger partial charge in [0.15, 0.2) is 0 Å². The van der Waals surface area contributed by atoms with Crippen LogP contribution in [-0.4, -0.2) is 28.7 Å². The summed E-state index contributed by atoms with van der Waals surface area (Å²) in [6.07, 6.45) is 3.42. The van der Waals surface area contributed by atoms with Crippen molar-refractivity contribution in [1.29, 1.82) is 0 Å². The van der Waals surface area contributed by atoms with Crippen LogP contribution in [0.1, 0.15) is 11.1 Å². The summed E-state index contributed by atoms with van der Waals surface area (Å²) in [4.78, 5) is 19.1. The topological polar surface area (TPSA) is 69.6 Å². The summed E-state index contributed by atoms with van der Waals surface area (Å²) in [5, 5.41) is 5.79. The van der Waals surface area contributed by atoms with E-state index in [9.17, 15) is 0 Å². The van der Waals surface area contributed by atoms with Crippen molar-refractivity contribution < 1.29 is 25.2 Å². The summed E-state index contributed by atoms with van der Waals surface area (Å²) >= 11 is 0. The summed E-state index contributed by atoms with van der Waals surface area (Å²) in [5.41, 5.74) is 12.3. The van der Waals surface area contributed by atoms with Gasteiger partial charge in [0.1, 0.15) is 12.0 Å². The number of pyridine rings is 2. The summed E-state index contributed by atoms with van der Waals surface area (Å²) in [5.74, 6) is 1.14. The second kappa shape index (κ2) is 11.4. The minimum absolute atomic E-state index is 0. The standard InChI is InChI=1S/C44H26N6O.Pd/c1-25-8-7-9-26(2)41(25)27-14-19-38-32(20-27)30-17-15-28(21-33(30)43-47-36-10-3-5-12-39(36)49(38)43)51-29-16-18-31-34(22-29)44-48-37-11-4-6-13-40(37)50(44)42-35(31)23-45-24-46-42;/h3-20,23-24H,1-2H3;/q-2;+2. The predicted octanol–water partition coefficient (Wildman–Crippen LogP) is 10.4. The molecule has 0 atom stereocenters. The SMILES string of the molecule is Cc1cccc(C)c1-c1ccc2c(c1)c1ccc(Oc3[c-]c4c(cc3)c3cncnc3n3c5ccccc5nc43)[c-]c1c1nc3ccccc3n21.[Pd+2]. The fourth-order valence-electron chi connectivity index (χ4n) is 7.90. The Morgan fingerprint density at radius 1 is 0.558 bits per heavy atom. The molecule has 5 aromatic heterocycles. The molecule has 11 aromatic rings. The van der Waals surface area contributed by atoms with Crippen molar-refractivity contribution >= 4 is 76.8 Å². The molecule has 248 valence electrons. The fraction of sp³-hybridized carbons (Fsp3) is 0.0455. The van der Waals surface area contributed by atoms with Crippen molar-refractivity contribution in [2.45, 2.75) is 13.8 Å². The van der Waals surface area contributed by atoms with Gasteiger partial charge in [-0.2, -0.15) is 0 Å². The van der Waals surface area contributed by atoms with E-state index >= 15 is 0 Å². The molecule has 0 bridgehead atoms. The summed E-state index contributed by atoms with van der Waals surface area (Å²) in [7, 11) is 0. The number of hydrogen-bond donors (Lipinski definition) is 0.